The predicted octanol–water partition coefficient (Wildman–Crippen LogP) is 2.69. The molecule has 0 aliphatic rings. The quantitative estimate of drug-likeness (QED) is 0.440. The molecule has 3 aromatic rings. The number of hydrogen-bond donors (Lipinski definition) is 2. The van der Waals surface area contributed by atoms with E-state index in [9.17, 15) is 13.6 Å². The summed E-state index contributed by atoms with van der Waals surface area (Å²) in [6.07, 6.45) is 0. The highest BCUT2D eigenvalue weighted by Crippen LogP contribution is 2.24. The number of nitrogens with one attached hydrogen (secondary N) is 1. The third-order valence-electron chi connectivity index (χ3n) is 3.30. The fourth-order valence-electron chi connectivity index (χ4n) is 2.20. The van der Waals surface area contributed by atoms with E-state index in [1.165, 1.54) is 36.4 Å². The first-order valence-electron chi connectivity index (χ1n) is 6.99. The van der Waals surface area contributed by atoms with Crippen LogP contribution in [0, 0.1) is 11.6 Å². The third kappa shape index (κ3) is 3.26. The second kappa shape index (κ2) is 6.51. The molecule has 0 aliphatic heterocycles. The molecule has 1 aromatic heterocycles. The van der Waals surface area contributed by atoms with Gasteiger partial charge in [-0.3, -0.25) is 10.2 Å². The Labute approximate surface area is 136 Å². The molecule has 2 aromatic carbocycles. The Morgan fingerprint density at radius 1 is 0.875 bits per heavy atom. The molecule has 0 atom stereocenters. The highest BCUT2D eigenvalue weighted by Gasteiger charge is 2.14. The van der Waals surface area contributed by atoms with Crippen molar-refractivity contribution < 1.29 is 13.6 Å². The predicted molar refractivity (Wildman–Crippen MR) is 84.5 cm³/mol. The normalized spacial score (nSPS) is 10.5. The van der Waals surface area contributed by atoms with Gasteiger partial charge >= 0.3 is 5.91 Å². The van der Waals surface area contributed by atoms with Crippen molar-refractivity contribution in [3.8, 4) is 22.5 Å². The van der Waals surface area contributed by atoms with Gasteiger partial charge in [-0.05, 0) is 30.3 Å². The Morgan fingerprint density at radius 3 is 1.79 bits per heavy atom. The van der Waals surface area contributed by atoms with Gasteiger partial charge in [0, 0.05) is 11.1 Å². The molecule has 0 aliphatic carbocycles. The van der Waals surface area contributed by atoms with Crippen LogP contribution in [0.15, 0.2) is 54.6 Å². The molecule has 0 saturated heterocycles. The fraction of sp³-hybridized carbons (Fsp3) is 0. The number of hydrazine groups is 1. The van der Waals surface area contributed by atoms with Crippen molar-refractivity contribution in [1.82, 2.24) is 15.4 Å². The summed E-state index contributed by atoms with van der Waals surface area (Å²) in [4.78, 5) is 20.0. The summed E-state index contributed by atoms with van der Waals surface area (Å²) in [7, 11) is 0. The van der Waals surface area contributed by atoms with Crippen LogP contribution in [0.1, 0.15) is 10.6 Å². The lowest BCUT2D eigenvalue weighted by Crippen LogP contribution is -2.31. The Kier molecular flexibility index (Phi) is 4.26. The van der Waals surface area contributed by atoms with Crippen molar-refractivity contribution in [2.45, 2.75) is 0 Å². The zero-order valence-electron chi connectivity index (χ0n) is 12.3. The average Bonchev–Trinajstić information content (AvgIpc) is 2.60. The average molecular weight is 326 g/mol. The number of carbonyl (C=O) groups is 1. The maximum atomic E-state index is 13.5. The Balaban J connectivity index is 2.19. The summed E-state index contributed by atoms with van der Waals surface area (Å²) in [6.45, 7) is 0. The second-order valence-corrected chi connectivity index (χ2v) is 4.96. The Hall–Kier alpha value is -3.19. The summed E-state index contributed by atoms with van der Waals surface area (Å²) >= 11 is 0. The molecule has 120 valence electrons. The number of benzene rings is 2. The van der Waals surface area contributed by atoms with E-state index in [4.69, 9.17) is 5.84 Å². The van der Waals surface area contributed by atoms with E-state index >= 15 is 0 Å². The van der Waals surface area contributed by atoms with Crippen molar-refractivity contribution in [3.05, 3.63) is 72.1 Å². The number of aromatic nitrogens is 2. The molecule has 0 radical (unpaired) electrons. The van der Waals surface area contributed by atoms with Crippen LogP contribution in [-0.2, 0) is 0 Å². The van der Waals surface area contributed by atoms with Crippen molar-refractivity contribution >= 4 is 5.91 Å². The van der Waals surface area contributed by atoms with Crippen LogP contribution < -0.4 is 11.3 Å². The Bertz CT molecular complexity index is 851. The molecule has 1 amide bonds. The SMILES string of the molecule is NNC(=O)c1nc(-c2cccc(F)c2)cc(-c2cccc(F)c2)n1. The van der Waals surface area contributed by atoms with Crippen LogP contribution in [0.3, 0.4) is 0 Å². The molecular formula is C17H12F2N4O. The molecule has 0 saturated carbocycles. The lowest BCUT2D eigenvalue weighted by atomic mass is 10.1. The minimum absolute atomic E-state index is 0.196. The standard InChI is InChI=1S/C17H12F2N4O/c18-12-5-1-3-10(7-12)14-9-15(11-4-2-6-13(19)8-11)22-16(21-14)17(24)23-20/h1-9H,20H2,(H,23,24). The summed E-state index contributed by atoms with van der Waals surface area (Å²) in [5.41, 5.74) is 3.51. The van der Waals surface area contributed by atoms with Gasteiger partial charge in [-0.25, -0.2) is 24.6 Å². The van der Waals surface area contributed by atoms with Gasteiger partial charge in [0.1, 0.15) is 11.6 Å². The van der Waals surface area contributed by atoms with Gasteiger partial charge in [0.05, 0.1) is 11.4 Å². The minimum Gasteiger partial charge on any atom is -0.287 e. The smallest absolute Gasteiger partial charge is 0.287 e. The molecule has 1 heterocycles. The maximum absolute atomic E-state index is 13.5. The number of amides is 1. The van der Waals surface area contributed by atoms with Gasteiger partial charge in [0.25, 0.3) is 0 Å². The van der Waals surface area contributed by atoms with Gasteiger partial charge in [-0.15, -0.1) is 0 Å². The minimum atomic E-state index is -0.703. The van der Waals surface area contributed by atoms with Gasteiger partial charge in [-0.2, -0.15) is 0 Å². The largest absolute Gasteiger partial charge is 0.302 e. The summed E-state index contributed by atoms with van der Waals surface area (Å²) < 4.78 is 26.9. The number of nitrogen functional groups attached to an aromatic ring is 1. The van der Waals surface area contributed by atoms with Crippen LogP contribution in [-0.4, -0.2) is 15.9 Å². The first-order valence-corrected chi connectivity index (χ1v) is 6.99. The summed E-state index contributed by atoms with van der Waals surface area (Å²) in [6, 6.07) is 13.0. The van der Waals surface area contributed by atoms with Gasteiger partial charge in [-0.1, -0.05) is 24.3 Å². The van der Waals surface area contributed by atoms with E-state index in [0.717, 1.165) is 0 Å². The number of carbonyl (C=O) groups excluding carboxylic acids is 1. The molecular weight excluding hydrogens is 314 g/mol. The van der Waals surface area contributed by atoms with Crippen LogP contribution in [0.2, 0.25) is 0 Å². The topological polar surface area (TPSA) is 80.9 Å². The summed E-state index contributed by atoms with van der Waals surface area (Å²) in [5.74, 6) is 3.35. The van der Waals surface area contributed by atoms with E-state index < -0.39 is 17.5 Å². The number of nitrogens with zero attached hydrogens (tertiary/aromatic N) is 2. The van der Waals surface area contributed by atoms with Crippen molar-refractivity contribution in [2.75, 3.05) is 0 Å². The van der Waals surface area contributed by atoms with Crippen molar-refractivity contribution in [3.63, 3.8) is 0 Å². The highest BCUT2D eigenvalue weighted by molar-refractivity contribution is 5.91. The van der Waals surface area contributed by atoms with Gasteiger partial charge < -0.3 is 0 Å². The molecule has 24 heavy (non-hydrogen) atoms. The van der Waals surface area contributed by atoms with Crippen molar-refractivity contribution in [2.24, 2.45) is 5.84 Å². The van der Waals surface area contributed by atoms with Crippen LogP contribution in [0.4, 0.5) is 8.78 Å². The van der Waals surface area contributed by atoms with E-state index in [2.05, 4.69) is 9.97 Å². The van der Waals surface area contributed by atoms with Crippen LogP contribution in [0.5, 0.6) is 0 Å². The van der Waals surface area contributed by atoms with Gasteiger partial charge in [0.15, 0.2) is 0 Å². The first kappa shape index (κ1) is 15.7. The van der Waals surface area contributed by atoms with Crippen LogP contribution in [0.25, 0.3) is 22.5 Å². The molecule has 7 heteroatoms. The molecule has 3 N–H and O–H groups in total. The van der Waals surface area contributed by atoms with E-state index in [1.54, 1.807) is 18.2 Å². The first-order chi connectivity index (χ1) is 11.6. The third-order valence-corrected chi connectivity index (χ3v) is 3.30. The summed E-state index contributed by atoms with van der Waals surface area (Å²) in [5, 5.41) is 0. The molecule has 0 bridgehead atoms. The maximum Gasteiger partial charge on any atom is 0.302 e. The van der Waals surface area contributed by atoms with E-state index in [-0.39, 0.29) is 5.82 Å². The number of rotatable bonds is 3. The lowest BCUT2D eigenvalue weighted by molar-refractivity contribution is 0.0943. The van der Waals surface area contributed by atoms with Crippen LogP contribution >= 0.6 is 0 Å². The Morgan fingerprint density at radius 2 is 1.38 bits per heavy atom. The number of hydrogen-bond acceptors (Lipinski definition) is 4. The highest BCUT2D eigenvalue weighted by atomic mass is 19.1. The number of halogens is 2. The van der Waals surface area contributed by atoms with E-state index in [1.807, 2.05) is 5.43 Å². The molecule has 0 spiro atoms. The zero-order valence-corrected chi connectivity index (χ0v) is 12.3. The second-order valence-electron chi connectivity index (χ2n) is 4.96. The molecule has 0 fully saturated rings. The molecule has 0 unspecified atom stereocenters. The van der Waals surface area contributed by atoms with Gasteiger partial charge in [0.2, 0.25) is 5.82 Å². The fourth-order valence-corrected chi connectivity index (χ4v) is 2.20. The zero-order chi connectivity index (χ0) is 17.1. The lowest BCUT2D eigenvalue weighted by Gasteiger charge is -2.08. The van der Waals surface area contributed by atoms with E-state index in [0.29, 0.717) is 22.5 Å². The molecule has 3 rings (SSSR count). The molecule has 5 nitrogen and oxygen atoms in total. The number of nitrogens with two attached hydrogens (primary N) is 1. The van der Waals surface area contributed by atoms with Crippen molar-refractivity contribution in [1.29, 1.82) is 0 Å². The monoisotopic (exact) mass is 326 g/mol.